The third kappa shape index (κ3) is 3.09. The maximum Gasteiger partial charge on any atom is 0.127 e. The molecule has 0 amide bonds. The molecule has 2 aliphatic heterocycles. The van der Waals surface area contributed by atoms with Gasteiger partial charge in [0.15, 0.2) is 0 Å². The van der Waals surface area contributed by atoms with Gasteiger partial charge in [-0.25, -0.2) is 0 Å². The van der Waals surface area contributed by atoms with Crippen LogP contribution in [0.1, 0.15) is 22.8 Å². The molecule has 0 radical (unpaired) electrons. The first-order chi connectivity index (χ1) is 11.2. The molecule has 1 atom stereocenters. The van der Waals surface area contributed by atoms with Crippen LogP contribution in [-0.4, -0.2) is 41.0 Å². The van der Waals surface area contributed by atoms with Crippen molar-refractivity contribution in [3.05, 3.63) is 46.2 Å². The molecule has 0 unspecified atom stereocenters. The van der Waals surface area contributed by atoms with Gasteiger partial charge in [0.2, 0.25) is 0 Å². The van der Waals surface area contributed by atoms with Gasteiger partial charge in [-0.15, -0.1) is 0 Å². The van der Waals surface area contributed by atoms with Crippen LogP contribution in [0, 0.1) is 0 Å². The van der Waals surface area contributed by atoms with Crippen molar-refractivity contribution in [3.63, 3.8) is 0 Å². The molecule has 0 spiro atoms. The molecule has 23 heavy (non-hydrogen) atoms. The lowest BCUT2D eigenvalue weighted by Crippen LogP contribution is -2.37. The zero-order valence-electron chi connectivity index (χ0n) is 13.2. The smallest absolute Gasteiger partial charge is 0.127 e. The van der Waals surface area contributed by atoms with Crippen LogP contribution < -0.4 is 4.74 Å². The average molecular weight is 334 g/mol. The molecule has 122 valence electrons. The second-order valence-electron chi connectivity index (χ2n) is 6.19. The molecule has 5 nitrogen and oxygen atoms in total. The molecular formula is C17H20ClN3O2. The maximum atomic E-state index is 6.26. The third-order valence-corrected chi connectivity index (χ3v) is 4.68. The SMILES string of the molecule is Cn1cc([C@H]2CN(Cc3cc(Cl)cc4c3OCC4)CCO2)cn1. The molecular weight excluding hydrogens is 314 g/mol. The third-order valence-electron chi connectivity index (χ3n) is 4.47. The summed E-state index contributed by atoms with van der Waals surface area (Å²) in [6.45, 7) is 4.08. The summed E-state index contributed by atoms with van der Waals surface area (Å²) in [7, 11) is 1.93. The highest BCUT2D eigenvalue weighted by molar-refractivity contribution is 6.30. The number of rotatable bonds is 3. The molecule has 0 saturated carbocycles. The maximum absolute atomic E-state index is 6.26. The molecule has 2 aromatic rings. The monoisotopic (exact) mass is 333 g/mol. The average Bonchev–Trinajstić information content (AvgIpc) is 3.16. The number of nitrogens with zero attached hydrogens (tertiary/aromatic N) is 3. The molecule has 6 heteroatoms. The first-order valence-corrected chi connectivity index (χ1v) is 8.33. The van der Waals surface area contributed by atoms with Crippen molar-refractivity contribution < 1.29 is 9.47 Å². The fourth-order valence-corrected chi connectivity index (χ4v) is 3.62. The van der Waals surface area contributed by atoms with E-state index in [4.69, 9.17) is 21.1 Å². The van der Waals surface area contributed by atoms with E-state index in [9.17, 15) is 0 Å². The summed E-state index contributed by atoms with van der Waals surface area (Å²) >= 11 is 6.26. The lowest BCUT2D eigenvalue weighted by molar-refractivity contribution is -0.0331. The second kappa shape index (κ2) is 6.15. The van der Waals surface area contributed by atoms with Gasteiger partial charge >= 0.3 is 0 Å². The van der Waals surface area contributed by atoms with Crippen LogP contribution in [0.3, 0.4) is 0 Å². The van der Waals surface area contributed by atoms with E-state index in [1.54, 1.807) is 0 Å². The van der Waals surface area contributed by atoms with Gasteiger partial charge in [-0.2, -0.15) is 5.10 Å². The summed E-state index contributed by atoms with van der Waals surface area (Å²) in [5.41, 5.74) is 3.53. The number of hydrogen-bond acceptors (Lipinski definition) is 4. The minimum absolute atomic E-state index is 0.0746. The molecule has 4 rings (SSSR count). The van der Waals surface area contributed by atoms with E-state index in [1.807, 2.05) is 36.3 Å². The Kier molecular flexibility index (Phi) is 4.01. The van der Waals surface area contributed by atoms with Gasteiger partial charge in [-0.1, -0.05) is 11.6 Å². The number of halogens is 1. The van der Waals surface area contributed by atoms with Crippen molar-refractivity contribution in [2.45, 2.75) is 19.1 Å². The Morgan fingerprint density at radius 1 is 1.35 bits per heavy atom. The number of ether oxygens (including phenoxy) is 2. The van der Waals surface area contributed by atoms with E-state index in [0.29, 0.717) is 0 Å². The van der Waals surface area contributed by atoms with Crippen LogP contribution in [-0.2, 0) is 24.8 Å². The fraction of sp³-hybridized carbons (Fsp3) is 0.471. The van der Waals surface area contributed by atoms with Gasteiger partial charge in [0.05, 0.1) is 25.5 Å². The molecule has 3 heterocycles. The van der Waals surface area contributed by atoms with Crippen LogP contribution >= 0.6 is 11.6 Å². The summed E-state index contributed by atoms with van der Waals surface area (Å²) in [6, 6.07) is 4.05. The van der Waals surface area contributed by atoms with E-state index in [0.717, 1.165) is 55.6 Å². The zero-order valence-corrected chi connectivity index (χ0v) is 13.9. The highest BCUT2D eigenvalue weighted by Crippen LogP contribution is 2.34. The highest BCUT2D eigenvalue weighted by atomic mass is 35.5. The van der Waals surface area contributed by atoms with E-state index in [2.05, 4.69) is 10.00 Å². The Balaban J connectivity index is 1.51. The molecule has 1 saturated heterocycles. The number of fused-ring (bicyclic) bond motifs is 1. The quantitative estimate of drug-likeness (QED) is 0.865. The summed E-state index contributed by atoms with van der Waals surface area (Å²) < 4.78 is 13.5. The van der Waals surface area contributed by atoms with E-state index in [-0.39, 0.29) is 6.10 Å². The highest BCUT2D eigenvalue weighted by Gasteiger charge is 2.25. The van der Waals surface area contributed by atoms with E-state index >= 15 is 0 Å². The van der Waals surface area contributed by atoms with Gasteiger partial charge in [-0.05, 0) is 17.7 Å². The van der Waals surface area contributed by atoms with Crippen molar-refractivity contribution in [1.82, 2.24) is 14.7 Å². The van der Waals surface area contributed by atoms with Crippen molar-refractivity contribution in [2.75, 3.05) is 26.3 Å². The van der Waals surface area contributed by atoms with Crippen molar-refractivity contribution >= 4 is 11.6 Å². The lowest BCUT2D eigenvalue weighted by Gasteiger charge is -2.32. The van der Waals surface area contributed by atoms with Crippen LogP contribution in [0.15, 0.2) is 24.5 Å². The molecule has 1 aromatic carbocycles. The predicted molar refractivity (Wildman–Crippen MR) is 87.8 cm³/mol. The Morgan fingerprint density at radius 2 is 2.26 bits per heavy atom. The normalized spacial score (nSPS) is 21.2. The number of aryl methyl sites for hydroxylation is 1. The predicted octanol–water partition coefficient (Wildman–Crippen LogP) is 2.58. The van der Waals surface area contributed by atoms with Gasteiger partial charge < -0.3 is 9.47 Å². The van der Waals surface area contributed by atoms with Crippen LogP contribution in [0.25, 0.3) is 0 Å². The zero-order chi connectivity index (χ0) is 15.8. The number of aromatic nitrogens is 2. The summed E-state index contributed by atoms with van der Waals surface area (Å²) in [6.07, 6.45) is 4.93. The lowest BCUT2D eigenvalue weighted by atomic mass is 10.1. The minimum atomic E-state index is 0.0746. The molecule has 0 bridgehead atoms. The van der Waals surface area contributed by atoms with Crippen molar-refractivity contribution in [2.24, 2.45) is 7.05 Å². The van der Waals surface area contributed by atoms with Crippen LogP contribution in [0.2, 0.25) is 5.02 Å². The van der Waals surface area contributed by atoms with E-state index in [1.165, 1.54) is 11.1 Å². The Labute approximate surface area is 140 Å². The topological polar surface area (TPSA) is 39.5 Å². The second-order valence-corrected chi connectivity index (χ2v) is 6.63. The Morgan fingerprint density at radius 3 is 3.09 bits per heavy atom. The van der Waals surface area contributed by atoms with E-state index < -0.39 is 0 Å². The minimum Gasteiger partial charge on any atom is -0.493 e. The molecule has 0 aliphatic carbocycles. The molecule has 1 aromatic heterocycles. The van der Waals surface area contributed by atoms with Crippen molar-refractivity contribution in [3.8, 4) is 5.75 Å². The molecule has 0 N–H and O–H groups in total. The van der Waals surface area contributed by atoms with Gasteiger partial charge in [0.25, 0.3) is 0 Å². The summed E-state index contributed by atoms with van der Waals surface area (Å²) in [5.74, 6) is 1.03. The Bertz CT molecular complexity index is 716. The fourth-order valence-electron chi connectivity index (χ4n) is 3.36. The number of hydrogen-bond donors (Lipinski definition) is 0. The first-order valence-electron chi connectivity index (χ1n) is 7.95. The standard InChI is InChI=1S/C17H20ClN3O2/c1-20-9-14(8-19-20)16-11-21(3-5-22-16)10-13-7-15(18)6-12-2-4-23-17(12)13/h6-9,16H,2-5,10-11H2,1H3/t16-/m1/s1. The largest absolute Gasteiger partial charge is 0.493 e. The summed E-state index contributed by atoms with van der Waals surface area (Å²) in [5, 5.41) is 5.03. The number of benzene rings is 1. The first kappa shape index (κ1) is 15.0. The van der Waals surface area contributed by atoms with Gasteiger partial charge in [-0.3, -0.25) is 9.58 Å². The summed E-state index contributed by atoms with van der Waals surface area (Å²) in [4.78, 5) is 2.40. The van der Waals surface area contributed by atoms with Crippen LogP contribution in [0.4, 0.5) is 0 Å². The molecule has 1 fully saturated rings. The Hall–Kier alpha value is -1.56. The van der Waals surface area contributed by atoms with Gasteiger partial charge in [0, 0.05) is 55.4 Å². The molecule has 2 aliphatic rings. The van der Waals surface area contributed by atoms with Crippen LogP contribution in [0.5, 0.6) is 5.75 Å². The van der Waals surface area contributed by atoms with Crippen molar-refractivity contribution in [1.29, 1.82) is 0 Å². The van der Waals surface area contributed by atoms with Gasteiger partial charge in [0.1, 0.15) is 5.75 Å². The number of morpholine rings is 1.